The van der Waals surface area contributed by atoms with Gasteiger partial charge < -0.3 is 4.74 Å². The Balaban J connectivity index is 1.76. The van der Waals surface area contributed by atoms with Crippen LogP contribution in [0.3, 0.4) is 0 Å². The third kappa shape index (κ3) is 5.67. The van der Waals surface area contributed by atoms with Gasteiger partial charge in [-0.05, 0) is 29.8 Å². The first-order valence-corrected chi connectivity index (χ1v) is 7.63. The molecule has 2 amide bonds. The van der Waals surface area contributed by atoms with E-state index in [1.54, 1.807) is 42.5 Å². The van der Waals surface area contributed by atoms with Crippen LogP contribution in [0.25, 0.3) is 0 Å². The van der Waals surface area contributed by atoms with Gasteiger partial charge in [-0.2, -0.15) is 0 Å². The molecule has 0 fully saturated rings. The Morgan fingerprint density at radius 2 is 1.61 bits per heavy atom. The van der Waals surface area contributed by atoms with E-state index in [-0.39, 0.29) is 6.42 Å². The van der Waals surface area contributed by atoms with E-state index >= 15 is 0 Å². The van der Waals surface area contributed by atoms with Crippen LogP contribution in [0.2, 0.25) is 0 Å². The molecule has 0 spiro atoms. The lowest BCUT2D eigenvalue weighted by atomic mass is 10.2. The van der Waals surface area contributed by atoms with E-state index in [2.05, 4.69) is 21.2 Å². The number of carbonyl (C=O) groups excluding carboxylic acids is 3. The van der Waals surface area contributed by atoms with E-state index in [1.807, 2.05) is 12.1 Å². The van der Waals surface area contributed by atoms with Crippen LogP contribution in [-0.2, 0) is 20.7 Å². The lowest BCUT2D eigenvalue weighted by Crippen LogP contribution is -2.34. The topological polar surface area (TPSA) is 72.5 Å². The van der Waals surface area contributed by atoms with E-state index in [0.29, 0.717) is 5.56 Å². The number of imide groups is 1. The second-order valence-corrected chi connectivity index (χ2v) is 5.62. The number of carbonyl (C=O) groups is 3. The molecule has 0 saturated carbocycles. The fourth-order valence-electron chi connectivity index (χ4n) is 1.79. The molecule has 1 N–H and O–H groups in total. The highest BCUT2D eigenvalue weighted by Crippen LogP contribution is 2.11. The minimum Gasteiger partial charge on any atom is -0.455 e. The summed E-state index contributed by atoms with van der Waals surface area (Å²) in [6.45, 7) is -0.492. The van der Waals surface area contributed by atoms with Gasteiger partial charge in [-0.25, -0.2) is 0 Å². The van der Waals surface area contributed by atoms with Crippen LogP contribution in [0.1, 0.15) is 15.9 Å². The van der Waals surface area contributed by atoms with Gasteiger partial charge in [0.1, 0.15) is 0 Å². The lowest BCUT2D eigenvalue weighted by Gasteiger charge is -2.06. The fourth-order valence-corrected chi connectivity index (χ4v) is 2.05. The van der Waals surface area contributed by atoms with Crippen molar-refractivity contribution in [3.63, 3.8) is 0 Å². The predicted molar refractivity (Wildman–Crippen MR) is 87.7 cm³/mol. The number of amides is 2. The Morgan fingerprint density at radius 1 is 0.957 bits per heavy atom. The van der Waals surface area contributed by atoms with E-state index in [9.17, 15) is 14.4 Å². The number of benzene rings is 2. The van der Waals surface area contributed by atoms with E-state index in [4.69, 9.17) is 4.74 Å². The van der Waals surface area contributed by atoms with Gasteiger partial charge in [-0.3, -0.25) is 19.7 Å². The number of rotatable bonds is 5. The molecule has 0 unspecified atom stereocenters. The molecule has 0 saturated heterocycles. The highest BCUT2D eigenvalue weighted by atomic mass is 79.9. The van der Waals surface area contributed by atoms with Crippen molar-refractivity contribution in [2.75, 3.05) is 6.61 Å². The molecule has 0 bridgehead atoms. The molecule has 0 atom stereocenters. The van der Waals surface area contributed by atoms with Crippen LogP contribution in [0, 0.1) is 0 Å². The van der Waals surface area contributed by atoms with Crippen LogP contribution < -0.4 is 5.32 Å². The van der Waals surface area contributed by atoms with Gasteiger partial charge in [-0.15, -0.1) is 0 Å². The zero-order valence-corrected chi connectivity index (χ0v) is 13.7. The van der Waals surface area contributed by atoms with Crippen molar-refractivity contribution >= 4 is 33.7 Å². The van der Waals surface area contributed by atoms with Crippen LogP contribution in [0.4, 0.5) is 0 Å². The van der Waals surface area contributed by atoms with Crippen molar-refractivity contribution in [2.45, 2.75) is 6.42 Å². The number of esters is 1. The summed E-state index contributed by atoms with van der Waals surface area (Å²) in [6.07, 6.45) is 0.0627. The van der Waals surface area contributed by atoms with Gasteiger partial charge in [0.25, 0.3) is 11.8 Å². The second-order valence-electron chi connectivity index (χ2n) is 4.71. The van der Waals surface area contributed by atoms with Crippen molar-refractivity contribution in [1.82, 2.24) is 5.32 Å². The van der Waals surface area contributed by atoms with Gasteiger partial charge in [0.15, 0.2) is 6.61 Å². The average molecular weight is 376 g/mol. The quantitative estimate of drug-likeness (QED) is 0.814. The third-order valence-corrected chi connectivity index (χ3v) is 3.44. The van der Waals surface area contributed by atoms with Gasteiger partial charge in [0.2, 0.25) is 0 Å². The molecule has 0 aliphatic heterocycles. The Hall–Kier alpha value is -2.47. The number of hydrogen-bond donors (Lipinski definition) is 1. The van der Waals surface area contributed by atoms with Crippen molar-refractivity contribution < 1.29 is 19.1 Å². The Labute approximate surface area is 141 Å². The number of halogens is 1. The summed E-state index contributed by atoms with van der Waals surface area (Å²) in [5.74, 6) is -1.72. The van der Waals surface area contributed by atoms with Crippen molar-refractivity contribution in [3.05, 3.63) is 70.2 Å². The van der Waals surface area contributed by atoms with Gasteiger partial charge >= 0.3 is 5.97 Å². The summed E-state index contributed by atoms with van der Waals surface area (Å²) in [5, 5.41) is 2.16. The Morgan fingerprint density at radius 3 is 2.26 bits per heavy atom. The molecular weight excluding hydrogens is 362 g/mol. The maximum atomic E-state index is 11.7. The minimum absolute atomic E-state index is 0.0627. The number of ether oxygens (including phenoxy) is 1. The standard InChI is InChI=1S/C17H14BrNO4/c18-14-8-6-12(7-9-14)10-16(21)23-11-15(20)19-17(22)13-4-2-1-3-5-13/h1-9H,10-11H2,(H,19,20,22). The zero-order valence-electron chi connectivity index (χ0n) is 12.1. The summed E-state index contributed by atoms with van der Waals surface area (Å²) in [7, 11) is 0. The monoisotopic (exact) mass is 375 g/mol. The molecule has 0 aliphatic carbocycles. The second kappa shape index (κ2) is 8.24. The molecule has 2 aromatic rings. The molecule has 118 valence electrons. The summed E-state index contributed by atoms with van der Waals surface area (Å²) in [4.78, 5) is 35.0. The van der Waals surface area contributed by atoms with E-state index in [0.717, 1.165) is 10.0 Å². The smallest absolute Gasteiger partial charge is 0.310 e. The first kappa shape index (κ1) is 16.9. The van der Waals surface area contributed by atoms with Crippen molar-refractivity contribution in [2.24, 2.45) is 0 Å². The maximum absolute atomic E-state index is 11.7. The van der Waals surface area contributed by atoms with Gasteiger partial charge in [0, 0.05) is 10.0 Å². The largest absolute Gasteiger partial charge is 0.455 e. The predicted octanol–water partition coefficient (Wildman–Crippen LogP) is 2.49. The molecule has 0 aromatic heterocycles. The highest BCUT2D eigenvalue weighted by Gasteiger charge is 2.12. The third-order valence-electron chi connectivity index (χ3n) is 2.91. The SMILES string of the molecule is O=C(COC(=O)Cc1ccc(Br)cc1)NC(=O)c1ccccc1. The lowest BCUT2D eigenvalue weighted by molar-refractivity contribution is -0.147. The van der Waals surface area contributed by atoms with Gasteiger partial charge in [-0.1, -0.05) is 46.3 Å². The summed E-state index contributed by atoms with van der Waals surface area (Å²) in [6, 6.07) is 15.5. The molecule has 2 aromatic carbocycles. The highest BCUT2D eigenvalue weighted by molar-refractivity contribution is 9.10. The van der Waals surface area contributed by atoms with Crippen LogP contribution in [0.15, 0.2) is 59.1 Å². The maximum Gasteiger partial charge on any atom is 0.310 e. The Kier molecular flexibility index (Phi) is 6.05. The summed E-state index contributed by atoms with van der Waals surface area (Å²) >= 11 is 3.30. The molecule has 6 heteroatoms. The summed E-state index contributed by atoms with van der Waals surface area (Å²) < 4.78 is 5.77. The van der Waals surface area contributed by atoms with Crippen LogP contribution >= 0.6 is 15.9 Å². The van der Waals surface area contributed by atoms with Crippen molar-refractivity contribution in [3.8, 4) is 0 Å². The first-order chi connectivity index (χ1) is 11.0. The summed E-state index contributed by atoms with van der Waals surface area (Å²) in [5.41, 5.74) is 1.14. The first-order valence-electron chi connectivity index (χ1n) is 6.84. The average Bonchev–Trinajstić information content (AvgIpc) is 2.56. The van der Waals surface area contributed by atoms with E-state index in [1.165, 1.54) is 0 Å². The van der Waals surface area contributed by atoms with Crippen molar-refractivity contribution in [1.29, 1.82) is 0 Å². The molecule has 2 rings (SSSR count). The minimum atomic E-state index is -0.664. The van der Waals surface area contributed by atoms with Crippen LogP contribution in [-0.4, -0.2) is 24.4 Å². The fraction of sp³-hybridized carbons (Fsp3) is 0.118. The molecule has 0 radical (unpaired) electrons. The molecule has 0 aliphatic rings. The zero-order chi connectivity index (χ0) is 16.7. The Bertz CT molecular complexity index is 698. The van der Waals surface area contributed by atoms with Crippen LogP contribution in [0.5, 0.6) is 0 Å². The molecule has 23 heavy (non-hydrogen) atoms. The molecule has 5 nitrogen and oxygen atoms in total. The van der Waals surface area contributed by atoms with Gasteiger partial charge in [0.05, 0.1) is 6.42 Å². The number of nitrogens with one attached hydrogen (secondary N) is 1. The molecular formula is C17H14BrNO4. The van der Waals surface area contributed by atoms with E-state index < -0.39 is 24.4 Å². The number of hydrogen-bond acceptors (Lipinski definition) is 4. The molecule has 0 heterocycles. The normalized spacial score (nSPS) is 9.96.